The van der Waals surface area contributed by atoms with E-state index in [9.17, 15) is 4.79 Å². The fourth-order valence-electron chi connectivity index (χ4n) is 3.20. The average Bonchev–Trinajstić information content (AvgIpc) is 2.59. The first-order valence-corrected chi connectivity index (χ1v) is 10.8. The normalized spacial score (nSPS) is 11.2. The number of carbonyl (C=O) groups excluding carboxylic acids is 1. The number of aliphatic hydroxyl groups excluding tert-OH is 1. The molecular weight excluding hydrogens is 326 g/mol. The van der Waals surface area contributed by atoms with E-state index in [0.717, 1.165) is 12.8 Å². The number of aliphatic hydroxyl groups is 1. The summed E-state index contributed by atoms with van der Waals surface area (Å²) in [6.45, 7) is 6.17. The zero-order valence-corrected chi connectivity index (χ0v) is 18.0. The van der Waals surface area contributed by atoms with E-state index in [1.165, 1.54) is 83.5 Å². The molecule has 0 aromatic rings. The molecule has 0 aliphatic carbocycles. The molecule has 0 aliphatic heterocycles. The van der Waals surface area contributed by atoms with Crippen LogP contribution < -0.4 is 6.15 Å². The van der Waals surface area contributed by atoms with E-state index in [4.69, 9.17) is 9.84 Å². The molecule has 0 heterocycles. The van der Waals surface area contributed by atoms with E-state index in [2.05, 4.69) is 6.92 Å². The quantitative estimate of drug-likeness (QED) is 0.210. The van der Waals surface area contributed by atoms with E-state index < -0.39 is 5.41 Å². The summed E-state index contributed by atoms with van der Waals surface area (Å²) in [5.74, 6) is -0.184. The molecule has 0 saturated heterocycles. The molecule has 0 saturated carbocycles. The smallest absolute Gasteiger partial charge is 0.311 e. The van der Waals surface area contributed by atoms with Gasteiger partial charge in [0.2, 0.25) is 0 Å². The lowest BCUT2D eigenvalue weighted by Gasteiger charge is -2.22. The summed E-state index contributed by atoms with van der Waals surface area (Å²) in [7, 11) is 0. The molecule has 158 valence electrons. The number of unbranched alkanes of at least 4 members (excludes halogenated alkanes) is 13. The predicted octanol–water partition coefficient (Wildman–Crippen LogP) is 6.58. The minimum atomic E-state index is -0.424. The molecule has 0 radical (unpaired) electrons. The number of ether oxygens (including phenoxy) is 1. The maximum atomic E-state index is 11.9. The molecule has 0 rings (SSSR count). The monoisotopic (exact) mass is 373 g/mol. The van der Waals surface area contributed by atoms with Crippen LogP contribution in [0.15, 0.2) is 0 Å². The molecule has 0 aliphatic rings. The highest BCUT2D eigenvalue weighted by Gasteiger charge is 2.28. The third kappa shape index (κ3) is 16.8. The maximum Gasteiger partial charge on any atom is 0.311 e. The van der Waals surface area contributed by atoms with E-state index in [0.29, 0.717) is 0 Å². The topological polar surface area (TPSA) is 81.5 Å². The summed E-state index contributed by atoms with van der Waals surface area (Å²) in [5, 5.41) is 8.71. The average molecular weight is 374 g/mol. The third-order valence-corrected chi connectivity index (χ3v) is 5.03. The first-order chi connectivity index (χ1) is 12.0. The van der Waals surface area contributed by atoms with E-state index in [-0.39, 0.29) is 25.3 Å². The third-order valence-electron chi connectivity index (χ3n) is 5.03. The van der Waals surface area contributed by atoms with Gasteiger partial charge in [-0.1, -0.05) is 96.8 Å². The minimum Gasteiger partial charge on any atom is -0.463 e. The minimum absolute atomic E-state index is 0. The van der Waals surface area contributed by atoms with Gasteiger partial charge < -0.3 is 16.0 Å². The van der Waals surface area contributed by atoms with Gasteiger partial charge in [0.15, 0.2) is 0 Å². The van der Waals surface area contributed by atoms with Crippen LogP contribution in [-0.2, 0) is 9.53 Å². The largest absolute Gasteiger partial charge is 0.463 e. The van der Waals surface area contributed by atoms with Crippen molar-refractivity contribution in [3.63, 3.8) is 0 Å². The number of esters is 1. The highest BCUT2D eigenvalue weighted by molar-refractivity contribution is 5.75. The molecule has 0 atom stereocenters. The van der Waals surface area contributed by atoms with Gasteiger partial charge in [0.1, 0.15) is 6.61 Å². The summed E-state index contributed by atoms with van der Waals surface area (Å²) in [4.78, 5) is 11.9. The van der Waals surface area contributed by atoms with Gasteiger partial charge >= 0.3 is 5.97 Å². The maximum absolute atomic E-state index is 11.9. The fourth-order valence-corrected chi connectivity index (χ4v) is 3.20. The Morgan fingerprint density at radius 2 is 1.15 bits per heavy atom. The van der Waals surface area contributed by atoms with Crippen molar-refractivity contribution in [2.45, 2.75) is 117 Å². The van der Waals surface area contributed by atoms with Crippen molar-refractivity contribution in [2.75, 3.05) is 13.2 Å². The molecule has 0 aromatic carbocycles. The SMILES string of the molecule is CCCCCCCCCCCCCCCCC(C)(C)C(=O)OCCO.N. The molecule has 26 heavy (non-hydrogen) atoms. The molecular formula is C22H47NO3. The number of hydrogen-bond donors (Lipinski definition) is 2. The second-order valence-electron chi connectivity index (χ2n) is 8.09. The lowest BCUT2D eigenvalue weighted by molar-refractivity contribution is -0.155. The Labute approximate surface area is 163 Å². The molecule has 0 unspecified atom stereocenters. The molecule has 0 aromatic heterocycles. The Morgan fingerprint density at radius 1 is 0.769 bits per heavy atom. The van der Waals surface area contributed by atoms with Gasteiger partial charge in [-0.25, -0.2) is 0 Å². The first kappa shape index (κ1) is 27.6. The molecule has 0 fully saturated rings. The molecule has 0 amide bonds. The van der Waals surface area contributed by atoms with Crippen molar-refractivity contribution < 1.29 is 14.6 Å². The summed E-state index contributed by atoms with van der Waals surface area (Å²) in [6, 6.07) is 0. The van der Waals surface area contributed by atoms with Crippen LogP contribution in [0.2, 0.25) is 0 Å². The number of carbonyl (C=O) groups is 1. The second kappa shape index (κ2) is 19.2. The van der Waals surface area contributed by atoms with Gasteiger partial charge in [0, 0.05) is 0 Å². The highest BCUT2D eigenvalue weighted by Crippen LogP contribution is 2.26. The van der Waals surface area contributed by atoms with Crippen LogP contribution in [0.3, 0.4) is 0 Å². The zero-order chi connectivity index (χ0) is 18.8. The van der Waals surface area contributed by atoms with Crippen molar-refractivity contribution in [2.24, 2.45) is 5.41 Å². The van der Waals surface area contributed by atoms with Crippen LogP contribution in [0, 0.1) is 5.41 Å². The van der Waals surface area contributed by atoms with Crippen molar-refractivity contribution in [3.8, 4) is 0 Å². The van der Waals surface area contributed by atoms with Gasteiger partial charge in [-0.3, -0.25) is 4.79 Å². The van der Waals surface area contributed by atoms with Crippen molar-refractivity contribution >= 4 is 5.97 Å². The van der Waals surface area contributed by atoms with Crippen molar-refractivity contribution in [3.05, 3.63) is 0 Å². The molecule has 0 bridgehead atoms. The molecule has 4 heteroatoms. The number of rotatable bonds is 18. The summed E-state index contributed by atoms with van der Waals surface area (Å²) >= 11 is 0. The van der Waals surface area contributed by atoms with Crippen molar-refractivity contribution in [1.29, 1.82) is 0 Å². The Bertz CT molecular complexity index is 306. The van der Waals surface area contributed by atoms with Crippen LogP contribution in [0.4, 0.5) is 0 Å². The van der Waals surface area contributed by atoms with Gasteiger partial charge in [0.25, 0.3) is 0 Å². The van der Waals surface area contributed by atoms with Crippen LogP contribution in [0.5, 0.6) is 0 Å². The summed E-state index contributed by atoms with van der Waals surface area (Å²) in [5.41, 5.74) is -0.424. The lowest BCUT2D eigenvalue weighted by atomic mass is 9.87. The standard InChI is InChI=1S/C22H44O3.H3N/c1-4-5-6-7-8-9-10-11-12-13-14-15-16-17-18-22(2,3)21(24)25-20-19-23;/h23H,4-20H2,1-3H3;1H3. The Hall–Kier alpha value is -0.610. The van der Waals surface area contributed by atoms with Crippen LogP contribution in [0.1, 0.15) is 117 Å². The summed E-state index contributed by atoms with van der Waals surface area (Å²) in [6.07, 6.45) is 19.8. The van der Waals surface area contributed by atoms with Gasteiger partial charge in [0.05, 0.1) is 12.0 Å². The molecule has 0 spiro atoms. The summed E-state index contributed by atoms with van der Waals surface area (Å²) < 4.78 is 5.04. The van der Waals surface area contributed by atoms with E-state index in [1.54, 1.807) is 0 Å². The van der Waals surface area contributed by atoms with E-state index >= 15 is 0 Å². The fraction of sp³-hybridized carbons (Fsp3) is 0.955. The Balaban J connectivity index is 0. The van der Waals surface area contributed by atoms with Crippen LogP contribution >= 0.6 is 0 Å². The first-order valence-electron chi connectivity index (χ1n) is 10.8. The molecule has 4 N–H and O–H groups in total. The van der Waals surface area contributed by atoms with Gasteiger partial charge in [-0.05, 0) is 20.3 Å². The van der Waals surface area contributed by atoms with Gasteiger partial charge in [-0.2, -0.15) is 0 Å². The van der Waals surface area contributed by atoms with Gasteiger partial charge in [-0.15, -0.1) is 0 Å². The number of hydrogen-bond acceptors (Lipinski definition) is 4. The van der Waals surface area contributed by atoms with Crippen molar-refractivity contribution in [1.82, 2.24) is 6.15 Å². The second-order valence-corrected chi connectivity index (χ2v) is 8.09. The zero-order valence-electron chi connectivity index (χ0n) is 18.0. The Morgan fingerprint density at radius 3 is 1.54 bits per heavy atom. The van der Waals surface area contributed by atoms with Crippen LogP contribution in [-0.4, -0.2) is 24.3 Å². The highest BCUT2D eigenvalue weighted by atomic mass is 16.5. The Kier molecular flexibility index (Phi) is 20.3. The lowest BCUT2D eigenvalue weighted by Crippen LogP contribution is -2.27. The predicted molar refractivity (Wildman–Crippen MR) is 112 cm³/mol. The van der Waals surface area contributed by atoms with E-state index in [1.807, 2.05) is 13.8 Å². The van der Waals surface area contributed by atoms with Crippen LogP contribution in [0.25, 0.3) is 0 Å². The molecule has 4 nitrogen and oxygen atoms in total.